The second-order valence-electron chi connectivity index (χ2n) is 17.0. The summed E-state index contributed by atoms with van der Waals surface area (Å²) in [6, 6.07) is 11.6. The van der Waals surface area contributed by atoms with Crippen molar-refractivity contribution in [3.63, 3.8) is 0 Å². The molecule has 1 aliphatic carbocycles. The third-order valence-electron chi connectivity index (χ3n) is 13.3. The van der Waals surface area contributed by atoms with E-state index >= 15 is 8.78 Å². The van der Waals surface area contributed by atoms with E-state index in [0.29, 0.717) is 47.1 Å². The molecule has 0 bridgehead atoms. The van der Waals surface area contributed by atoms with Gasteiger partial charge in [-0.15, -0.1) is 0 Å². The minimum absolute atomic E-state index is 0.0637. The molecule has 2 N–H and O–H groups in total. The van der Waals surface area contributed by atoms with Crippen molar-refractivity contribution in [1.29, 1.82) is 5.26 Å². The van der Waals surface area contributed by atoms with Gasteiger partial charge in [0.1, 0.15) is 23.2 Å². The molecule has 1 saturated carbocycles. The zero-order valence-corrected chi connectivity index (χ0v) is 35.9. The molecule has 3 amide bonds. The molecule has 4 fully saturated rings. The molecule has 330 valence electrons. The van der Waals surface area contributed by atoms with Gasteiger partial charge in [-0.3, -0.25) is 38.7 Å². The van der Waals surface area contributed by atoms with E-state index in [0.717, 1.165) is 68.1 Å². The molecule has 17 nitrogen and oxygen atoms in total. The normalized spacial score (nSPS) is 20.6. The number of rotatable bonds is 10. The SMILES string of the molecule is CCN(C)S(=O)(=O)Nc1ccc(F)c(Oc2ccc3ncn(C4CCC(N5CC6(CCN(c7cc8c(cc7F)c(N7CCC(=O)NC7=O)nn8C)CC6)C5)CC4)c(=O)c3c2)c1C#N. The summed E-state index contributed by atoms with van der Waals surface area (Å²) in [5.74, 6) is -1.67. The Hall–Kier alpha value is -6.17. The summed E-state index contributed by atoms with van der Waals surface area (Å²) < 4.78 is 68.7. The highest BCUT2D eigenvalue weighted by atomic mass is 32.2. The molecule has 5 heterocycles. The lowest BCUT2D eigenvalue weighted by molar-refractivity contribution is -0.120. The summed E-state index contributed by atoms with van der Waals surface area (Å²) in [6.07, 6.45) is 6.99. The van der Waals surface area contributed by atoms with Gasteiger partial charge in [0.2, 0.25) is 5.91 Å². The molecule has 20 heteroatoms. The molecule has 0 atom stereocenters. The first-order valence-electron chi connectivity index (χ1n) is 21.1. The summed E-state index contributed by atoms with van der Waals surface area (Å²) in [7, 11) is -0.885. The van der Waals surface area contributed by atoms with Crippen molar-refractivity contribution < 1.29 is 31.5 Å². The maximum absolute atomic E-state index is 15.8. The van der Waals surface area contributed by atoms with E-state index in [1.165, 1.54) is 30.1 Å². The smallest absolute Gasteiger partial charge is 0.329 e. The summed E-state index contributed by atoms with van der Waals surface area (Å²) in [5.41, 5.74) is 1.05. The van der Waals surface area contributed by atoms with Crippen molar-refractivity contribution >= 4 is 61.1 Å². The average Bonchev–Trinajstić information content (AvgIpc) is 3.57. The molecule has 5 aromatic rings. The number of nitriles is 1. The predicted octanol–water partition coefficient (Wildman–Crippen LogP) is 5.37. The van der Waals surface area contributed by atoms with E-state index in [1.54, 1.807) is 41.7 Å². The van der Waals surface area contributed by atoms with Gasteiger partial charge in [0.15, 0.2) is 17.4 Å². The van der Waals surface area contributed by atoms with Gasteiger partial charge in [-0.1, -0.05) is 6.92 Å². The Labute approximate surface area is 362 Å². The van der Waals surface area contributed by atoms with Gasteiger partial charge in [0, 0.05) is 77.3 Å². The number of hydrogen-bond donors (Lipinski definition) is 2. The molecule has 0 radical (unpaired) electrons. The van der Waals surface area contributed by atoms with Crippen molar-refractivity contribution in [3.05, 3.63) is 76.3 Å². The lowest BCUT2D eigenvalue weighted by Crippen LogP contribution is -2.63. The number of nitrogens with zero attached hydrogens (tertiary/aromatic N) is 9. The van der Waals surface area contributed by atoms with Gasteiger partial charge in [0.05, 0.1) is 34.1 Å². The molecule has 1 spiro atoms. The Balaban J connectivity index is 0.818. The van der Waals surface area contributed by atoms with Crippen LogP contribution in [0.5, 0.6) is 11.5 Å². The Morgan fingerprint density at radius 2 is 1.71 bits per heavy atom. The first-order chi connectivity index (χ1) is 30.2. The number of aryl methyl sites for hydroxylation is 1. The number of carbonyl (C=O) groups is 2. The highest BCUT2D eigenvalue weighted by Crippen LogP contribution is 2.46. The molecule has 3 aliphatic heterocycles. The molecule has 0 unspecified atom stereocenters. The second kappa shape index (κ2) is 16.2. The number of likely N-dealkylation sites (tertiary alicyclic amines) is 1. The van der Waals surface area contributed by atoms with Gasteiger partial charge in [-0.25, -0.2) is 18.6 Å². The van der Waals surface area contributed by atoms with E-state index in [1.807, 2.05) is 6.07 Å². The number of imide groups is 1. The van der Waals surface area contributed by atoms with E-state index in [4.69, 9.17) is 4.74 Å². The van der Waals surface area contributed by atoms with Gasteiger partial charge >= 0.3 is 16.2 Å². The highest BCUT2D eigenvalue weighted by Gasteiger charge is 2.47. The first kappa shape index (κ1) is 42.1. The topological polar surface area (TPSA) is 191 Å². The Morgan fingerprint density at radius 1 is 0.984 bits per heavy atom. The van der Waals surface area contributed by atoms with Gasteiger partial charge in [-0.05, 0) is 86.4 Å². The minimum atomic E-state index is -4.01. The largest absolute Gasteiger partial charge is 0.453 e. The second-order valence-corrected chi connectivity index (χ2v) is 18.8. The van der Waals surface area contributed by atoms with Crippen LogP contribution in [0.2, 0.25) is 0 Å². The fourth-order valence-corrected chi connectivity index (χ4v) is 10.5. The van der Waals surface area contributed by atoms with Crippen LogP contribution in [0.3, 0.4) is 0 Å². The summed E-state index contributed by atoms with van der Waals surface area (Å²) >= 11 is 0. The molecular weight excluding hydrogens is 837 g/mol. The Bertz CT molecular complexity index is 2870. The number of nitrogens with one attached hydrogen (secondary N) is 2. The average molecular weight is 884 g/mol. The molecule has 63 heavy (non-hydrogen) atoms. The van der Waals surface area contributed by atoms with Crippen LogP contribution in [0, 0.1) is 28.4 Å². The number of fused-ring (bicyclic) bond motifs is 2. The highest BCUT2D eigenvalue weighted by molar-refractivity contribution is 7.90. The third-order valence-corrected chi connectivity index (χ3v) is 14.9. The fraction of sp³-hybridized carbons (Fsp3) is 0.442. The third kappa shape index (κ3) is 7.71. The van der Waals surface area contributed by atoms with Gasteiger partial charge in [0.25, 0.3) is 5.56 Å². The van der Waals surface area contributed by atoms with E-state index < -0.39 is 27.8 Å². The lowest BCUT2D eigenvalue weighted by Gasteiger charge is -2.57. The van der Waals surface area contributed by atoms with E-state index in [2.05, 4.69) is 29.9 Å². The molecule has 2 aromatic heterocycles. The van der Waals surface area contributed by atoms with Crippen molar-refractivity contribution in [3.8, 4) is 17.6 Å². The number of ether oxygens (including phenoxy) is 1. The van der Waals surface area contributed by atoms with E-state index in [-0.39, 0.29) is 70.6 Å². The van der Waals surface area contributed by atoms with Crippen LogP contribution in [0.25, 0.3) is 21.8 Å². The van der Waals surface area contributed by atoms with Gasteiger partial charge < -0.3 is 9.64 Å². The lowest BCUT2D eigenvalue weighted by atomic mass is 9.70. The molecule has 3 saturated heterocycles. The van der Waals surface area contributed by atoms with Crippen molar-refractivity contribution in [1.82, 2.24) is 33.9 Å². The van der Waals surface area contributed by atoms with Crippen LogP contribution < -0.4 is 30.1 Å². The summed E-state index contributed by atoms with van der Waals surface area (Å²) in [4.78, 5) is 48.7. The van der Waals surface area contributed by atoms with E-state index in [9.17, 15) is 28.1 Å². The number of halogens is 2. The quantitative estimate of drug-likeness (QED) is 0.184. The first-order valence-corrected chi connectivity index (χ1v) is 22.5. The van der Waals surface area contributed by atoms with Crippen LogP contribution in [0.4, 0.5) is 30.8 Å². The van der Waals surface area contributed by atoms with Crippen molar-refractivity contribution in [2.45, 2.75) is 64.0 Å². The molecular formula is C43H47F2N11O6S. The van der Waals surface area contributed by atoms with Crippen LogP contribution in [-0.2, 0) is 22.1 Å². The van der Waals surface area contributed by atoms with Crippen LogP contribution in [-0.4, -0.2) is 101 Å². The summed E-state index contributed by atoms with van der Waals surface area (Å²) in [6.45, 7) is 5.38. The fourth-order valence-electron chi connectivity index (χ4n) is 9.56. The maximum Gasteiger partial charge on any atom is 0.329 e. The molecule has 9 rings (SSSR count). The van der Waals surface area contributed by atoms with Crippen LogP contribution >= 0.6 is 0 Å². The standard InChI is InChI=1S/C43H47F2N11O6S/c1-4-51(2)63(60,61)50-35-12-10-32(44)39(31(35)22-46)62-28-9-11-34-29(19-28)41(58)56(25-47-34)27-7-5-26(6-8-27)54-23-43(24-54)14-17-53(18-15-43)37-21-36-30(20-33(37)45)40(49-52(36)3)55-16-13-38(57)48-42(55)59/h9-12,19-21,25-27,50H,4-8,13-18,23-24H2,1-3H3,(H,48,57,59). The Morgan fingerprint density at radius 3 is 2.41 bits per heavy atom. The number of hydrogen-bond acceptors (Lipinski definition) is 11. The zero-order chi connectivity index (χ0) is 44.4. The molecule has 4 aliphatic rings. The number of amides is 3. The number of carbonyl (C=O) groups excluding carboxylic acids is 2. The van der Waals surface area contributed by atoms with Crippen LogP contribution in [0.1, 0.15) is 63.5 Å². The van der Waals surface area contributed by atoms with Crippen LogP contribution in [0.15, 0.2) is 53.6 Å². The molecule has 3 aromatic carbocycles. The summed E-state index contributed by atoms with van der Waals surface area (Å²) in [5, 5.41) is 17.5. The monoisotopic (exact) mass is 883 g/mol. The number of anilines is 3. The minimum Gasteiger partial charge on any atom is -0.453 e. The maximum atomic E-state index is 15.8. The number of aromatic nitrogens is 4. The zero-order valence-electron chi connectivity index (χ0n) is 35.1. The number of urea groups is 1. The Kier molecular flexibility index (Phi) is 10.8. The number of benzene rings is 3. The predicted molar refractivity (Wildman–Crippen MR) is 231 cm³/mol. The van der Waals surface area contributed by atoms with Crippen molar-refractivity contribution in [2.24, 2.45) is 12.5 Å². The van der Waals surface area contributed by atoms with Gasteiger partial charge in [-0.2, -0.15) is 23.1 Å². The van der Waals surface area contributed by atoms with Crippen molar-refractivity contribution in [2.75, 3.05) is 60.8 Å². The number of piperidine rings is 1.